The fourth-order valence-corrected chi connectivity index (χ4v) is 4.85. The van der Waals surface area contributed by atoms with E-state index < -0.39 is 28.3 Å². The Labute approximate surface area is 195 Å². The van der Waals surface area contributed by atoms with Gasteiger partial charge in [-0.15, -0.1) is 0 Å². The number of nitrogens with one attached hydrogen (secondary N) is 1. The van der Waals surface area contributed by atoms with E-state index in [4.69, 9.17) is 9.47 Å². The van der Waals surface area contributed by atoms with E-state index in [1.165, 1.54) is 44.6 Å². The van der Waals surface area contributed by atoms with Crippen molar-refractivity contribution >= 4 is 21.6 Å². The van der Waals surface area contributed by atoms with Gasteiger partial charge in [0, 0.05) is 12.6 Å². The molecule has 1 amide bonds. The minimum absolute atomic E-state index is 0.0772. The maximum Gasteiger partial charge on any atom is 0.264 e. The lowest BCUT2D eigenvalue weighted by Gasteiger charge is -2.25. The van der Waals surface area contributed by atoms with Gasteiger partial charge < -0.3 is 14.8 Å². The third-order valence-electron chi connectivity index (χ3n) is 5.48. The number of hydrogen-bond donors (Lipinski definition) is 1. The second-order valence-corrected chi connectivity index (χ2v) is 9.59. The van der Waals surface area contributed by atoms with Crippen LogP contribution in [-0.4, -0.2) is 41.6 Å². The minimum Gasteiger partial charge on any atom is -0.493 e. The molecule has 0 spiro atoms. The largest absolute Gasteiger partial charge is 0.493 e. The molecule has 1 N–H and O–H groups in total. The van der Waals surface area contributed by atoms with Gasteiger partial charge in [-0.05, 0) is 48.7 Å². The van der Waals surface area contributed by atoms with Crippen molar-refractivity contribution in [2.45, 2.75) is 44.4 Å². The summed E-state index contributed by atoms with van der Waals surface area (Å²) in [7, 11) is -1.31. The van der Waals surface area contributed by atoms with E-state index in [-0.39, 0.29) is 16.3 Å². The molecule has 0 heterocycles. The molecule has 0 saturated heterocycles. The lowest BCUT2D eigenvalue weighted by Crippen LogP contribution is -2.42. The number of methoxy groups -OCH3 is 2. The van der Waals surface area contributed by atoms with E-state index in [0.717, 1.165) is 42.1 Å². The Bertz CT molecular complexity index is 1010. The summed E-state index contributed by atoms with van der Waals surface area (Å²) >= 11 is 0. The van der Waals surface area contributed by atoms with E-state index in [1.807, 2.05) is 0 Å². The fourth-order valence-electron chi connectivity index (χ4n) is 3.41. The lowest BCUT2D eigenvalue weighted by atomic mass is 9.99. The zero-order valence-corrected chi connectivity index (χ0v) is 20.5. The molecule has 0 aromatic heterocycles. The highest BCUT2D eigenvalue weighted by atomic mass is 32.2. The van der Waals surface area contributed by atoms with E-state index in [1.54, 1.807) is 0 Å². The second-order valence-electron chi connectivity index (χ2n) is 7.73. The maximum absolute atomic E-state index is 13.5. The van der Waals surface area contributed by atoms with Gasteiger partial charge in [-0.3, -0.25) is 9.10 Å². The first-order chi connectivity index (χ1) is 15.8. The average Bonchev–Trinajstić information content (AvgIpc) is 2.82. The van der Waals surface area contributed by atoms with Crippen molar-refractivity contribution in [3.05, 3.63) is 48.3 Å². The number of ether oxygens (including phenoxy) is 2. The Kier molecular flexibility index (Phi) is 9.96. The molecule has 0 radical (unpaired) electrons. The quantitative estimate of drug-likeness (QED) is 0.460. The normalized spacial score (nSPS) is 12.2. The molecule has 33 heavy (non-hydrogen) atoms. The predicted octanol–water partition coefficient (Wildman–Crippen LogP) is 4.37. The van der Waals surface area contributed by atoms with Crippen molar-refractivity contribution in [3.8, 4) is 11.5 Å². The number of sulfonamides is 1. The number of benzene rings is 2. The van der Waals surface area contributed by atoms with Crippen LogP contribution in [0.4, 0.5) is 10.1 Å². The first-order valence-electron chi connectivity index (χ1n) is 11.0. The first kappa shape index (κ1) is 26.4. The minimum atomic E-state index is -4.16. The van der Waals surface area contributed by atoms with E-state index in [9.17, 15) is 17.6 Å². The molecule has 0 aliphatic heterocycles. The zero-order chi connectivity index (χ0) is 24.4. The summed E-state index contributed by atoms with van der Waals surface area (Å²) in [6.45, 7) is 4.22. The van der Waals surface area contributed by atoms with Crippen molar-refractivity contribution in [2.24, 2.45) is 5.92 Å². The summed E-state index contributed by atoms with van der Waals surface area (Å²) in [5.74, 6) is 0.00587. The van der Waals surface area contributed by atoms with E-state index in [0.29, 0.717) is 18.2 Å². The maximum atomic E-state index is 13.5. The highest BCUT2D eigenvalue weighted by Crippen LogP contribution is 2.32. The molecule has 7 nitrogen and oxygen atoms in total. The van der Waals surface area contributed by atoms with Crippen molar-refractivity contribution in [1.29, 1.82) is 0 Å². The van der Waals surface area contributed by atoms with Crippen LogP contribution in [0.25, 0.3) is 0 Å². The van der Waals surface area contributed by atoms with Gasteiger partial charge in [0.05, 0.1) is 24.8 Å². The molecule has 9 heteroatoms. The Hall–Kier alpha value is -2.81. The van der Waals surface area contributed by atoms with Crippen molar-refractivity contribution in [2.75, 3.05) is 31.6 Å². The SMILES string of the molecule is CCCC[C@@H](CC)CNC(=O)CN(c1ccc(F)cc1)S(=O)(=O)c1ccc(OC)c(OC)c1. The molecule has 0 aliphatic rings. The molecule has 2 aromatic rings. The van der Waals surface area contributed by atoms with Crippen LogP contribution in [0.2, 0.25) is 0 Å². The zero-order valence-electron chi connectivity index (χ0n) is 19.6. The molecular weight excluding hydrogens is 447 g/mol. The van der Waals surface area contributed by atoms with Gasteiger partial charge in [-0.1, -0.05) is 33.1 Å². The van der Waals surface area contributed by atoms with Gasteiger partial charge in [0.25, 0.3) is 10.0 Å². The van der Waals surface area contributed by atoms with Crippen LogP contribution in [0.5, 0.6) is 11.5 Å². The van der Waals surface area contributed by atoms with Crippen LogP contribution in [0.15, 0.2) is 47.4 Å². The van der Waals surface area contributed by atoms with Crippen LogP contribution < -0.4 is 19.1 Å². The number of hydrogen-bond acceptors (Lipinski definition) is 5. The molecule has 2 aromatic carbocycles. The Balaban J connectivity index is 2.32. The Morgan fingerprint density at radius 2 is 1.73 bits per heavy atom. The monoisotopic (exact) mass is 480 g/mol. The van der Waals surface area contributed by atoms with Crippen LogP contribution in [-0.2, 0) is 14.8 Å². The average molecular weight is 481 g/mol. The number of rotatable bonds is 13. The van der Waals surface area contributed by atoms with Gasteiger partial charge in [0.1, 0.15) is 12.4 Å². The molecule has 0 bridgehead atoms. The molecule has 0 fully saturated rings. The van der Waals surface area contributed by atoms with Crippen molar-refractivity contribution in [3.63, 3.8) is 0 Å². The molecular formula is C24H33FN2O5S. The second kappa shape index (κ2) is 12.4. The standard InChI is InChI=1S/C24H33FN2O5S/c1-5-7-8-18(6-2)16-26-24(28)17-27(20-11-9-19(25)10-12-20)33(29,30)21-13-14-22(31-3)23(15-21)32-4/h9-15,18H,5-8,16-17H2,1-4H3,(H,26,28)/t18-/m1/s1. The van der Waals surface area contributed by atoms with Crippen LogP contribution in [0.3, 0.4) is 0 Å². The molecule has 0 aliphatic carbocycles. The molecule has 182 valence electrons. The first-order valence-corrected chi connectivity index (χ1v) is 12.5. The predicted molar refractivity (Wildman–Crippen MR) is 127 cm³/mol. The summed E-state index contributed by atoms with van der Waals surface area (Å²) in [6, 6.07) is 9.16. The Morgan fingerprint density at radius 1 is 1.06 bits per heavy atom. The van der Waals surface area contributed by atoms with Crippen LogP contribution in [0.1, 0.15) is 39.5 Å². The third kappa shape index (κ3) is 7.08. The molecule has 2 rings (SSSR count). The number of carbonyl (C=O) groups excluding carboxylic acids is 1. The highest BCUT2D eigenvalue weighted by Gasteiger charge is 2.28. The van der Waals surface area contributed by atoms with Gasteiger partial charge in [0.2, 0.25) is 5.91 Å². The summed E-state index contributed by atoms with van der Waals surface area (Å²) in [5.41, 5.74) is 0.180. The van der Waals surface area contributed by atoms with Gasteiger partial charge in [-0.2, -0.15) is 0 Å². The molecule has 0 saturated carbocycles. The summed E-state index contributed by atoms with van der Waals surface area (Å²) in [4.78, 5) is 12.7. The fraction of sp³-hybridized carbons (Fsp3) is 0.458. The Morgan fingerprint density at radius 3 is 2.30 bits per heavy atom. The van der Waals surface area contributed by atoms with Crippen molar-refractivity contribution in [1.82, 2.24) is 5.32 Å². The smallest absolute Gasteiger partial charge is 0.264 e. The van der Waals surface area contributed by atoms with Gasteiger partial charge in [-0.25, -0.2) is 12.8 Å². The highest BCUT2D eigenvalue weighted by molar-refractivity contribution is 7.92. The number of nitrogens with zero attached hydrogens (tertiary/aromatic N) is 1. The third-order valence-corrected chi connectivity index (χ3v) is 7.25. The number of anilines is 1. The number of carbonyl (C=O) groups is 1. The number of halogens is 1. The van der Waals surface area contributed by atoms with Gasteiger partial charge >= 0.3 is 0 Å². The van der Waals surface area contributed by atoms with Crippen LogP contribution >= 0.6 is 0 Å². The summed E-state index contributed by atoms with van der Waals surface area (Å²) in [5, 5.41) is 2.85. The summed E-state index contributed by atoms with van der Waals surface area (Å²) in [6.07, 6.45) is 4.07. The van der Waals surface area contributed by atoms with E-state index >= 15 is 0 Å². The van der Waals surface area contributed by atoms with Crippen LogP contribution in [0, 0.1) is 11.7 Å². The van der Waals surface area contributed by atoms with E-state index in [2.05, 4.69) is 19.2 Å². The number of amides is 1. The lowest BCUT2D eigenvalue weighted by molar-refractivity contribution is -0.119. The number of unbranched alkanes of at least 4 members (excludes halogenated alkanes) is 1. The molecule has 1 atom stereocenters. The van der Waals surface area contributed by atoms with Gasteiger partial charge in [0.15, 0.2) is 11.5 Å². The molecule has 0 unspecified atom stereocenters. The topological polar surface area (TPSA) is 84.9 Å². The van der Waals surface area contributed by atoms with Crippen molar-refractivity contribution < 1.29 is 27.1 Å². The summed E-state index contributed by atoms with van der Waals surface area (Å²) < 4.78 is 51.9.